The van der Waals surface area contributed by atoms with Crippen LogP contribution in [0.5, 0.6) is 0 Å². The van der Waals surface area contributed by atoms with Gasteiger partial charge >= 0.3 is 0 Å². The fourth-order valence-electron chi connectivity index (χ4n) is 1.13. The van der Waals surface area contributed by atoms with E-state index in [0.717, 1.165) is 0 Å². The standard InChI is InChI=1S/C9H20N/c1-4-7-10(8-5-2)9-6-3/h7H,4-6,8-9H2,1-3H3/q+1. The predicted octanol–water partition coefficient (Wildman–Crippen LogP) is 2.30. The minimum Gasteiger partial charge on any atom is -0.240 e. The summed E-state index contributed by atoms with van der Waals surface area (Å²) in [5, 5.41) is 0. The summed E-state index contributed by atoms with van der Waals surface area (Å²) in [6, 6.07) is 0. The fraction of sp³-hybridized carbons (Fsp3) is 0.889. The zero-order valence-corrected chi connectivity index (χ0v) is 7.56. The van der Waals surface area contributed by atoms with Crippen LogP contribution in [0.2, 0.25) is 0 Å². The van der Waals surface area contributed by atoms with Gasteiger partial charge in [-0.2, -0.15) is 0 Å². The van der Waals surface area contributed by atoms with Crippen molar-refractivity contribution < 1.29 is 4.58 Å². The molecule has 0 aromatic rings. The van der Waals surface area contributed by atoms with E-state index in [4.69, 9.17) is 0 Å². The van der Waals surface area contributed by atoms with Crippen molar-refractivity contribution in [3.63, 3.8) is 0 Å². The highest BCUT2D eigenvalue weighted by Crippen LogP contribution is 1.84. The average Bonchev–Trinajstić information content (AvgIpc) is 1.90. The van der Waals surface area contributed by atoms with Gasteiger partial charge in [0.15, 0.2) is 0 Å². The minimum atomic E-state index is 1.17. The van der Waals surface area contributed by atoms with Crippen molar-refractivity contribution in [3.05, 3.63) is 0 Å². The first-order valence-electron chi connectivity index (χ1n) is 4.42. The molecule has 0 fully saturated rings. The van der Waals surface area contributed by atoms with E-state index < -0.39 is 0 Å². The molecule has 0 aliphatic heterocycles. The Labute approximate surface area is 64.8 Å². The van der Waals surface area contributed by atoms with Crippen molar-refractivity contribution in [2.45, 2.75) is 40.0 Å². The van der Waals surface area contributed by atoms with Crippen molar-refractivity contribution >= 4 is 6.21 Å². The van der Waals surface area contributed by atoms with Crippen LogP contribution in [0.1, 0.15) is 40.0 Å². The average molecular weight is 142 g/mol. The molecule has 0 aromatic carbocycles. The van der Waals surface area contributed by atoms with Gasteiger partial charge in [0.1, 0.15) is 19.3 Å². The first kappa shape index (κ1) is 9.67. The van der Waals surface area contributed by atoms with Crippen LogP contribution in [0.3, 0.4) is 0 Å². The van der Waals surface area contributed by atoms with Crippen LogP contribution in [-0.4, -0.2) is 23.9 Å². The van der Waals surface area contributed by atoms with Gasteiger partial charge in [0.25, 0.3) is 0 Å². The van der Waals surface area contributed by atoms with Gasteiger partial charge in [-0.3, -0.25) is 0 Å². The smallest absolute Gasteiger partial charge is 0.142 e. The summed E-state index contributed by atoms with van der Waals surface area (Å²) in [4.78, 5) is 0. The van der Waals surface area contributed by atoms with E-state index in [1.807, 2.05) is 0 Å². The molecule has 0 aliphatic carbocycles. The lowest BCUT2D eigenvalue weighted by Gasteiger charge is -1.98. The molecule has 0 bridgehead atoms. The van der Waals surface area contributed by atoms with Gasteiger partial charge in [0.2, 0.25) is 0 Å². The molecular weight excluding hydrogens is 122 g/mol. The monoisotopic (exact) mass is 142 g/mol. The molecule has 10 heavy (non-hydrogen) atoms. The molecule has 0 unspecified atom stereocenters. The second kappa shape index (κ2) is 6.79. The van der Waals surface area contributed by atoms with E-state index in [9.17, 15) is 0 Å². The molecule has 0 radical (unpaired) electrons. The second-order valence-corrected chi connectivity index (χ2v) is 2.63. The van der Waals surface area contributed by atoms with Gasteiger partial charge in [-0.15, -0.1) is 0 Å². The van der Waals surface area contributed by atoms with Gasteiger partial charge < -0.3 is 0 Å². The van der Waals surface area contributed by atoms with Crippen molar-refractivity contribution in [1.82, 2.24) is 0 Å². The van der Waals surface area contributed by atoms with E-state index in [0.29, 0.717) is 0 Å². The molecule has 0 saturated carbocycles. The quantitative estimate of drug-likeness (QED) is 0.409. The van der Waals surface area contributed by atoms with Crippen LogP contribution < -0.4 is 0 Å². The van der Waals surface area contributed by atoms with Crippen LogP contribution in [0.15, 0.2) is 0 Å². The van der Waals surface area contributed by atoms with Gasteiger partial charge in [0, 0.05) is 19.3 Å². The highest BCUT2D eigenvalue weighted by molar-refractivity contribution is 5.50. The van der Waals surface area contributed by atoms with Crippen LogP contribution in [0.4, 0.5) is 0 Å². The summed E-state index contributed by atoms with van der Waals surface area (Å²) >= 11 is 0. The maximum atomic E-state index is 2.42. The van der Waals surface area contributed by atoms with Crippen molar-refractivity contribution in [3.8, 4) is 0 Å². The largest absolute Gasteiger partial charge is 0.240 e. The molecule has 0 N–H and O–H groups in total. The summed E-state index contributed by atoms with van der Waals surface area (Å²) in [6.45, 7) is 9.10. The number of hydrogen-bond acceptors (Lipinski definition) is 0. The van der Waals surface area contributed by atoms with Crippen LogP contribution in [0.25, 0.3) is 0 Å². The second-order valence-electron chi connectivity index (χ2n) is 2.63. The highest BCUT2D eigenvalue weighted by Gasteiger charge is 1.97. The van der Waals surface area contributed by atoms with Crippen molar-refractivity contribution in [2.24, 2.45) is 0 Å². The molecule has 0 heterocycles. The maximum Gasteiger partial charge on any atom is 0.142 e. The SMILES string of the molecule is CCC=[N+](CCC)CCC. The highest BCUT2D eigenvalue weighted by atomic mass is 15.0. The molecule has 1 heteroatoms. The van der Waals surface area contributed by atoms with Gasteiger partial charge in [-0.05, 0) is 0 Å². The van der Waals surface area contributed by atoms with Crippen LogP contribution in [0, 0.1) is 0 Å². The van der Waals surface area contributed by atoms with Crippen LogP contribution in [-0.2, 0) is 0 Å². The van der Waals surface area contributed by atoms with Crippen molar-refractivity contribution in [2.75, 3.05) is 13.1 Å². The Hall–Kier alpha value is -0.330. The molecule has 0 rings (SSSR count). The van der Waals surface area contributed by atoms with E-state index in [-0.39, 0.29) is 0 Å². The molecular formula is C9H20N+. The van der Waals surface area contributed by atoms with Crippen LogP contribution >= 0.6 is 0 Å². The summed E-state index contributed by atoms with van der Waals surface area (Å²) < 4.78 is 2.42. The molecule has 0 atom stereocenters. The zero-order chi connectivity index (χ0) is 7.82. The van der Waals surface area contributed by atoms with Crippen molar-refractivity contribution in [1.29, 1.82) is 0 Å². The van der Waals surface area contributed by atoms with E-state index >= 15 is 0 Å². The summed E-state index contributed by atoms with van der Waals surface area (Å²) in [5.41, 5.74) is 0. The Balaban J connectivity index is 3.60. The Morgan fingerprint density at radius 2 is 1.50 bits per heavy atom. The Morgan fingerprint density at radius 3 is 1.80 bits per heavy atom. The fourth-order valence-corrected chi connectivity index (χ4v) is 1.13. The van der Waals surface area contributed by atoms with E-state index in [1.165, 1.54) is 32.4 Å². The zero-order valence-electron chi connectivity index (χ0n) is 7.56. The van der Waals surface area contributed by atoms with Gasteiger partial charge in [0.05, 0.1) is 0 Å². The van der Waals surface area contributed by atoms with Gasteiger partial charge in [-0.1, -0.05) is 20.8 Å². The minimum absolute atomic E-state index is 1.17. The summed E-state index contributed by atoms with van der Waals surface area (Å²) in [7, 11) is 0. The third-order valence-electron chi connectivity index (χ3n) is 1.46. The Bertz CT molecular complexity index is 86.9. The normalized spacial score (nSPS) is 9.50. The maximum absolute atomic E-state index is 2.42. The molecule has 0 aliphatic rings. The molecule has 1 nitrogen and oxygen atoms in total. The number of nitrogens with zero attached hydrogens (tertiary/aromatic N) is 1. The summed E-state index contributed by atoms with van der Waals surface area (Å²) in [6.07, 6.45) is 5.99. The molecule has 0 amide bonds. The van der Waals surface area contributed by atoms with E-state index in [1.54, 1.807) is 0 Å². The third kappa shape index (κ3) is 4.54. The Kier molecular flexibility index (Phi) is 6.56. The molecule has 0 spiro atoms. The first-order valence-corrected chi connectivity index (χ1v) is 4.42. The van der Waals surface area contributed by atoms with E-state index in [2.05, 4.69) is 31.6 Å². The number of rotatable bonds is 5. The third-order valence-corrected chi connectivity index (χ3v) is 1.46. The predicted molar refractivity (Wildman–Crippen MR) is 46.9 cm³/mol. The lowest BCUT2D eigenvalue weighted by Crippen LogP contribution is -2.14. The molecule has 60 valence electrons. The number of hydrogen-bond donors (Lipinski definition) is 0. The lowest BCUT2D eigenvalue weighted by atomic mass is 10.4. The molecule has 0 aromatic heterocycles. The first-order chi connectivity index (χ1) is 4.85. The summed E-state index contributed by atoms with van der Waals surface area (Å²) in [5.74, 6) is 0. The molecule has 0 saturated heterocycles. The topological polar surface area (TPSA) is 3.01 Å². The van der Waals surface area contributed by atoms with Gasteiger partial charge in [-0.25, -0.2) is 4.58 Å². The lowest BCUT2D eigenvalue weighted by molar-refractivity contribution is -0.524. The Morgan fingerprint density at radius 1 is 1.00 bits per heavy atom.